The van der Waals surface area contributed by atoms with Crippen molar-refractivity contribution >= 4 is 23.1 Å². The molecule has 4 rings (SSSR count). The van der Waals surface area contributed by atoms with Gasteiger partial charge in [-0.2, -0.15) is 5.10 Å². The number of carbonyl (C=O) groups is 2. The lowest BCUT2D eigenvalue weighted by Gasteiger charge is -2.19. The van der Waals surface area contributed by atoms with Gasteiger partial charge < -0.3 is 15.0 Å². The highest BCUT2D eigenvalue weighted by Gasteiger charge is 2.31. The lowest BCUT2D eigenvalue weighted by Crippen LogP contribution is -2.30. The Balaban J connectivity index is 1.70. The van der Waals surface area contributed by atoms with Crippen LogP contribution in [0.25, 0.3) is 5.65 Å². The molecule has 0 fully saturated rings. The lowest BCUT2D eigenvalue weighted by molar-refractivity contribution is 0.0730. The van der Waals surface area contributed by atoms with Crippen LogP contribution < -0.4 is 10.1 Å². The van der Waals surface area contributed by atoms with Gasteiger partial charge in [0.15, 0.2) is 5.65 Å². The van der Waals surface area contributed by atoms with Crippen LogP contribution in [0, 0.1) is 0 Å². The van der Waals surface area contributed by atoms with Crippen LogP contribution in [-0.4, -0.2) is 43.5 Å². The number of carbonyl (C=O) groups excluding carboxylic acids is 2. The van der Waals surface area contributed by atoms with Gasteiger partial charge in [-0.1, -0.05) is 0 Å². The molecule has 2 amide bonds. The SMILES string of the molecule is CC(C)Oc1cc2c(cc1NC(=O)c1cnn3cccnc13)CN(C(C)C)C2=O. The van der Waals surface area contributed by atoms with Crippen molar-refractivity contribution in [2.24, 2.45) is 0 Å². The number of fused-ring (bicyclic) bond motifs is 2. The second kappa shape index (κ2) is 7.20. The van der Waals surface area contributed by atoms with E-state index in [-0.39, 0.29) is 24.0 Å². The zero-order valence-electron chi connectivity index (χ0n) is 16.8. The Labute approximate surface area is 168 Å². The van der Waals surface area contributed by atoms with Crippen LogP contribution in [0.1, 0.15) is 54.0 Å². The number of hydrogen-bond acceptors (Lipinski definition) is 5. The zero-order valence-corrected chi connectivity index (χ0v) is 16.8. The molecule has 150 valence electrons. The summed E-state index contributed by atoms with van der Waals surface area (Å²) < 4.78 is 7.44. The van der Waals surface area contributed by atoms with Gasteiger partial charge in [0.2, 0.25) is 0 Å². The first-order valence-electron chi connectivity index (χ1n) is 9.59. The normalized spacial score (nSPS) is 13.4. The molecular formula is C21H23N5O3. The van der Waals surface area contributed by atoms with Crippen LogP contribution in [0.4, 0.5) is 5.69 Å². The first-order chi connectivity index (χ1) is 13.8. The third-order valence-corrected chi connectivity index (χ3v) is 4.80. The van der Waals surface area contributed by atoms with E-state index in [0.717, 1.165) is 5.56 Å². The van der Waals surface area contributed by atoms with Crippen LogP contribution in [0.15, 0.2) is 36.8 Å². The number of benzene rings is 1. The lowest BCUT2D eigenvalue weighted by atomic mass is 10.1. The monoisotopic (exact) mass is 393 g/mol. The van der Waals surface area contributed by atoms with Gasteiger partial charge in [0.05, 0.1) is 18.0 Å². The number of amides is 2. The summed E-state index contributed by atoms with van der Waals surface area (Å²) in [6.07, 6.45) is 4.72. The largest absolute Gasteiger partial charge is 0.489 e. The van der Waals surface area contributed by atoms with E-state index < -0.39 is 0 Å². The van der Waals surface area contributed by atoms with E-state index in [0.29, 0.717) is 34.8 Å². The molecule has 2 aromatic heterocycles. The van der Waals surface area contributed by atoms with E-state index in [1.807, 2.05) is 33.8 Å². The van der Waals surface area contributed by atoms with Crippen molar-refractivity contribution in [2.45, 2.75) is 46.4 Å². The fourth-order valence-corrected chi connectivity index (χ4v) is 3.41. The molecule has 0 unspecified atom stereocenters. The third-order valence-electron chi connectivity index (χ3n) is 4.80. The summed E-state index contributed by atoms with van der Waals surface area (Å²) in [7, 11) is 0. The predicted octanol–water partition coefficient (Wildman–Crippen LogP) is 3.13. The molecule has 8 heteroatoms. The first-order valence-corrected chi connectivity index (χ1v) is 9.59. The van der Waals surface area contributed by atoms with Crippen LogP contribution in [0.5, 0.6) is 5.75 Å². The van der Waals surface area contributed by atoms with Crippen molar-refractivity contribution in [2.75, 3.05) is 5.32 Å². The third kappa shape index (κ3) is 3.41. The van der Waals surface area contributed by atoms with E-state index in [2.05, 4.69) is 15.4 Å². The van der Waals surface area contributed by atoms with Gasteiger partial charge in [-0.3, -0.25) is 9.59 Å². The molecule has 1 aromatic carbocycles. The standard InChI is InChI=1S/C21H23N5O3/c1-12(2)25-11-14-8-17(18(29-13(3)4)9-15(14)21(25)28)24-20(27)16-10-23-26-7-5-6-22-19(16)26/h5-10,12-13H,11H2,1-4H3,(H,24,27). The molecule has 0 bridgehead atoms. The maximum atomic E-state index is 12.9. The molecule has 3 heterocycles. The van der Waals surface area contributed by atoms with Crippen molar-refractivity contribution in [1.29, 1.82) is 0 Å². The van der Waals surface area contributed by atoms with E-state index in [9.17, 15) is 9.59 Å². The van der Waals surface area contributed by atoms with Crippen LogP contribution >= 0.6 is 0 Å². The first kappa shape index (κ1) is 18.9. The van der Waals surface area contributed by atoms with Gasteiger partial charge in [0, 0.05) is 30.5 Å². The van der Waals surface area contributed by atoms with E-state index in [1.165, 1.54) is 6.20 Å². The molecule has 0 saturated carbocycles. The Bertz CT molecular complexity index is 1100. The minimum atomic E-state index is -0.336. The van der Waals surface area contributed by atoms with Gasteiger partial charge in [-0.05, 0) is 51.5 Å². The average Bonchev–Trinajstić information content (AvgIpc) is 3.23. The number of nitrogens with zero attached hydrogens (tertiary/aromatic N) is 4. The number of ether oxygens (including phenoxy) is 1. The molecule has 3 aromatic rings. The van der Waals surface area contributed by atoms with Gasteiger partial charge >= 0.3 is 0 Å². The molecule has 1 aliphatic heterocycles. The van der Waals surface area contributed by atoms with Crippen molar-refractivity contribution in [3.63, 3.8) is 0 Å². The summed E-state index contributed by atoms with van der Waals surface area (Å²) in [5, 5.41) is 7.07. The van der Waals surface area contributed by atoms with Crippen LogP contribution in [0.3, 0.4) is 0 Å². The number of aromatic nitrogens is 3. The van der Waals surface area contributed by atoms with Crippen molar-refractivity contribution in [1.82, 2.24) is 19.5 Å². The van der Waals surface area contributed by atoms with Gasteiger partial charge in [-0.15, -0.1) is 0 Å². The zero-order chi connectivity index (χ0) is 20.7. The molecule has 0 atom stereocenters. The second-order valence-corrected chi connectivity index (χ2v) is 7.60. The van der Waals surface area contributed by atoms with Gasteiger partial charge in [0.25, 0.3) is 11.8 Å². The second-order valence-electron chi connectivity index (χ2n) is 7.60. The molecule has 0 radical (unpaired) electrons. The minimum absolute atomic E-state index is 0.0201. The highest BCUT2D eigenvalue weighted by Crippen LogP contribution is 2.35. The molecule has 0 spiro atoms. The quantitative estimate of drug-likeness (QED) is 0.719. The summed E-state index contributed by atoms with van der Waals surface area (Å²) in [5.41, 5.74) is 2.84. The van der Waals surface area contributed by atoms with Gasteiger partial charge in [0.1, 0.15) is 11.3 Å². The van der Waals surface area contributed by atoms with Crippen molar-refractivity contribution in [3.05, 3.63) is 53.5 Å². The Kier molecular flexibility index (Phi) is 4.70. The summed E-state index contributed by atoms with van der Waals surface area (Å²) >= 11 is 0. The molecule has 29 heavy (non-hydrogen) atoms. The van der Waals surface area contributed by atoms with Crippen LogP contribution in [-0.2, 0) is 6.54 Å². The van der Waals surface area contributed by atoms with E-state index >= 15 is 0 Å². The van der Waals surface area contributed by atoms with Gasteiger partial charge in [-0.25, -0.2) is 9.50 Å². The topological polar surface area (TPSA) is 88.8 Å². The van der Waals surface area contributed by atoms with Crippen molar-refractivity contribution in [3.8, 4) is 5.75 Å². The molecule has 1 N–H and O–H groups in total. The fraction of sp³-hybridized carbons (Fsp3) is 0.333. The highest BCUT2D eigenvalue weighted by molar-refractivity contribution is 6.09. The maximum Gasteiger partial charge on any atom is 0.261 e. The molecule has 0 saturated heterocycles. The number of rotatable bonds is 5. The highest BCUT2D eigenvalue weighted by atomic mass is 16.5. The molecule has 0 aliphatic carbocycles. The predicted molar refractivity (Wildman–Crippen MR) is 108 cm³/mol. The number of hydrogen-bond donors (Lipinski definition) is 1. The minimum Gasteiger partial charge on any atom is -0.489 e. The summed E-state index contributed by atoms with van der Waals surface area (Å²) in [5.74, 6) is 0.112. The van der Waals surface area contributed by atoms with Crippen LogP contribution in [0.2, 0.25) is 0 Å². The summed E-state index contributed by atoms with van der Waals surface area (Å²) in [4.78, 5) is 31.7. The van der Waals surface area contributed by atoms with Crippen molar-refractivity contribution < 1.29 is 14.3 Å². The van der Waals surface area contributed by atoms with E-state index in [4.69, 9.17) is 4.74 Å². The summed E-state index contributed by atoms with van der Waals surface area (Å²) in [6.45, 7) is 8.27. The Morgan fingerprint density at radius 2 is 2.03 bits per heavy atom. The molecular weight excluding hydrogens is 370 g/mol. The number of anilines is 1. The maximum absolute atomic E-state index is 12.9. The summed E-state index contributed by atoms with van der Waals surface area (Å²) in [6, 6.07) is 5.38. The van der Waals surface area contributed by atoms with E-state index in [1.54, 1.807) is 33.9 Å². The average molecular weight is 393 g/mol. The Morgan fingerprint density at radius 1 is 1.24 bits per heavy atom. The smallest absolute Gasteiger partial charge is 0.261 e. The molecule has 8 nitrogen and oxygen atoms in total. The Morgan fingerprint density at radius 3 is 2.76 bits per heavy atom. The molecule has 1 aliphatic rings. The fourth-order valence-electron chi connectivity index (χ4n) is 3.41. The number of nitrogens with one attached hydrogen (secondary N) is 1. The Hall–Kier alpha value is -3.42.